The number of carbonyl (C=O) groups is 1. The number of ketones is 1. The molecule has 0 atom stereocenters. The highest BCUT2D eigenvalue weighted by atomic mass is 32.2. The number of benzene rings is 2. The van der Waals surface area contributed by atoms with Gasteiger partial charge in [0.25, 0.3) is 0 Å². The molecule has 0 fully saturated rings. The minimum Gasteiger partial charge on any atom is -0.493 e. The first kappa shape index (κ1) is 55.9. The lowest BCUT2D eigenvalue weighted by molar-refractivity contribution is 0.104. The summed E-state index contributed by atoms with van der Waals surface area (Å²) in [7, 11) is 0. The van der Waals surface area contributed by atoms with Crippen LogP contribution < -0.4 is 9.47 Å². The van der Waals surface area contributed by atoms with Crippen molar-refractivity contribution in [1.29, 1.82) is 0 Å². The van der Waals surface area contributed by atoms with E-state index in [9.17, 15) is 4.79 Å². The molecule has 0 aliphatic rings. The largest absolute Gasteiger partial charge is 0.493 e. The molecule has 0 aliphatic heterocycles. The molecule has 0 spiro atoms. The number of hydrogen-bond donors (Lipinski definition) is 0. The van der Waals surface area contributed by atoms with E-state index in [1.165, 1.54) is 223 Å². The Kier molecular flexibility index (Phi) is 38.6. The molecular weight excluding hydrogens is 777 g/mol. The van der Waals surface area contributed by atoms with Crippen LogP contribution in [0.5, 0.6) is 11.5 Å². The Morgan fingerprint density at radius 3 is 1.06 bits per heavy atom. The lowest BCUT2D eigenvalue weighted by Gasteiger charge is -2.12. The van der Waals surface area contributed by atoms with E-state index in [1.54, 1.807) is 6.08 Å². The normalized spacial score (nSPS) is 11.5. The average Bonchev–Trinajstić information content (AvgIpc) is 3.29. The number of ether oxygens (including phenoxy) is 2. The smallest absolute Gasteiger partial charge is 0.185 e. The van der Waals surface area contributed by atoms with Gasteiger partial charge in [0.15, 0.2) is 5.78 Å². The fourth-order valence-corrected chi connectivity index (χ4v) is 9.22. The summed E-state index contributed by atoms with van der Waals surface area (Å²) in [6.07, 6.45) is 54.3. The van der Waals surface area contributed by atoms with Crippen LogP contribution in [-0.2, 0) is 0 Å². The number of unbranched alkanes of at least 4 members (excludes halogenated alkanes) is 34. The van der Waals surface area contributed by atoms with Crippen molar-refractivity contribution in [2.45, 2.75) is 263 Å². The molecule has 62 heavy (non-hydrogen) atoms. The van der Waals surface area contributed by atoms with Crippen LogP contribution in [0.25, 0.3) is 6.08 Å². The number of carbonyl (C=O) groups excluding carboxylic acids is 1. The summed E-state index contributed by atoms with van der Waals surface area (Å²) in [4.78, 5) is 14.3. The van der Waals surface area contributed by atoms with E-state index in [-0.39, 0.29) is 5.78 Å². The molecule has 0 saturated carbocycles. The predicted molar refractivity (Wildman–Crippen MR) is 276 cm³/mol. The molecule has 0 aromatic heterocycles. The second-order valence-electron chi connectivity index (χ2n) is 18.5. The van der Waals surface area contributed by atoms with E-state index in [4.69, 9.17) is 9.47 Å². The average molecular weight is 875 g/mol. The van der Waals surface area contributed by atoms with Gasteiger partial charge >= 0.3 is 0 Å². The summed E-state index contributed by atoms with van der Waals surface area (Å²) in [6.45, 7) is 8.22. The Morgan fingerprint density at radius 2 is 0.742 bits per heavy atom. The van der Waals surface area contributed by atoms with E-state index in [2.05, 4.69) is 32.9 Å². The van der Waals surface area contributed by atoms with Crippen molar-refractivity contribution < 1.29 is 14.3 Å². The van der Waals surface area contributed by atoms with Crippen LogP contribution >= 0.6 is 11.8 Å². The zero-order chi connectivity index (χ0) is 44.2. The van der Waals surface area contributed by atoms with Crippen LogP contribution in [0.2, 0.25) is 0 Å². The number of hydrogen-bond acceptors (Lipinski definition) is 4. The van der Waals surface area contributed by atoms with Gasteiger partial charge in [-0.2, -0.15) is 0 Å². The third kappa shape index (κ3) is 33.3. The topological polar surface area (TPSA) is 35.5 Å². The number of thioether (sulfide) groups is 1. The molecular formula is C58H98O3S. The van der Waals surface area contributed by atoms with Crippen molar-refractivity contribution in [3.05, 3.63) is 59.7 Å². The molecule has 2 aromatic carbocycles. The second kappa shape index (κ2) is 42.7. The Labute approximate surface area is 389 Å². The van der Waals surface area contributed by atoms with Gasteiger partial charge in [-0.3, -0.25) is 4.79 Å². The molecule has 0 aliphatic carbocycles. The first-order chi connectivity index (χ1) is 30.7. The molecule has 0 amide bonds. The minimum absolute atomic E-state index is 0.0171. The van der Waals surface area contributed by atoms with Crippen LogP contribution in [0, 0.1) is 0 Å². The van der Waals surface area contributed by atoms with Crippen LogP contribution in [-0.4, -0.2) is 24.7 Å². The first-order valence-electron chi connectivity index (χ1n) is 27.0. The zero-order valence-electron chi connectivity index (χ0n) is 41.1. The molecule has 2 rings (SSSR count). The minimum atomic E-state index is 0.0171. The Balaban J connectivity index is 1.65. The van der Waals surface area contributed by atoms with Gasteiger partial charge in [0, 0.05) is 16.5 Å². The fraction of sp³-hybridized carbons (Fsp3) is 0.741. The highest BCUT2D eigenvalue weighted by molar-refractivity contribution is 7.99. The van der Waals surface area contributed by atoms with Gasteiger partial charge in [0.2, 0.25) is 0 Å². The van der Waals surface area contributed by atoms with E-state index >= 15 is 0 Å². The van der Waals surface area contributed by atoms with Gasteiger partial charge in [0.05, 0.1) is 13.2 Å². The van der Waals surface area contributed by atoms with E-state index in [1.807, 2.05) is 48.2 Å². The monoisotopic (exact) mass is 875 g/mol. The quantitative estimate of drug-likeness (QED) is 0.0287. The summed E-state index contributed by atoms with van der Waals surface area (Å²) in [5.41, 5.74) is 1.66. The predicted octanol–water partition coefficient (Wildman–Crippen LogP) is 19.9. The van der Waals surface area contributed by atoms with Crippen LogP contribution in [0.4, 0.5) is 0 Å². The van der Waals surface area contributed by atoms with Crippen molar-refractivity contribution in [3.63, 3.8) is 0 Å². The van der Waals surface area contributed by atoms with Gasteiger partial charge in [-0.1, -0.05) is 245 Å². The second-order valence-corrected chi connectivity index (χ2v) is 19.7. The van der Waals surface area contributed by atoms with Crippen molar-refractivity contribution in [2.24, 2.45) is 0 Å². The summed E-state index contributed by atoms with van der Waals surface area (Å²) in [6, 6.07) is 14.1. The molecule has 0 radical (unpaired) electrons. The molecule has 4 heteroatoms. The van der Waals surface area contributed by atoms with Crippen molar-refractivity contribution in [3.8, 4) is 11.5 Å². The lowest BCUT2D eigenvalue weighted by atomic mass is 10.0. The Morgan fingerprint density at radius 1 is 0.419 bits per heavy atom. The van der Waals surface area contributed by atoms with Crippen LogP contribution in [0.1, 0.15) is 274 Å². The molecule has 0 N–H and O–H groups in total. The van der Waals surface area contributed by atoms with Gasteiger partial charge in [-0.15, -0.1) is 11.8 Å². The molecule has 2 aromatic rings. The van der Waals surface area contributed by atoms with Gasteiger partial charge < -0.3 is 9.47 Å². The molecule has 0 unspecified atom stereocenters. The zero-order valence-corrected chi connectivity index (χ0v) is 41.9. The van der Waals surface area contributed by atoms with Crippen molar-refractivity contribution in [2.75, 3.05) is 19.0 Å². The summed E-state index contributed by atoms with van der Waals surface area (Å²) >= 11 is 1.84. The molecule has 0 bridgehead atoms. The van der Waals surface area contributed by atoms with E-state index in [0.29, 0.717) is 18.8 Å². The van der Waals surface area contributed by atoms with E-state index < -0.39 is 0 Å². The maximum atomic E-state index is 13.1. The molecule has 0 saturated heterocycles. The number of allylic oxidation sites excluding steroid dienone is 1. The maximum absolute atomic E-state index is 13.1. The Hall–Kier alpha value is -2.20. The van der Waals surface area contributed by atoms with Crippen molar-refractivity contribution >= 4 is 23.6 Å². The van der Waals surface area contributed by atoms with Gasteiger partial charge in [-0.25, -0.2) is 0 Å². The third-order valence-corrected chi connectivity index (χ3v) is 13.7. The van der Waals surface area contributed by atoms with Crippen LogP contribution in [0.3, 0.4) is 0 Å². The highest BCUT2D eigenvalue weighted by Gasteiger charge is 2.06. The molecule has 354 valence electrons. The third-order valence-electron chi connectivity index (χ3n) is 12.5. The highest BCUT2D eigenvalue weighted by Crippen LogP contribution is 2.26. The van der Waals surface area contributed by atoms with Crippen LogP contribution in [0.15, 0.2) is 53.4 Å². The summed E-state index contributed by atoms with van der Waals surface area (Å²) in [5, 5.41) is 0. The summed E-state index contributed by atoms with van der Waals surface area (Å²) in [5.74, 6) is 2.77. The molecule has 0 heterocycles. The van der Waals surface area contributed by atoms with Crippen molar-refractivity contribution in [1.82, 2.24) is 0 Å². The lowest BCUT2D eigenvalue weighted by Crippen LogP contribution is -2.01. The fourth-order valence-electron chi connectivity index (χ4n) is 8.45. The Bertz CT molecular complexity index is 1240. The number of rotatable bonds is 46. The first-order valence-corrected chi connectivity index (χ1v) is 28.0. The summed E-state index contributed by atoms with van der Waals surface area (Å²) < 4.78 is 12.6. The standard InChI is InChI=1S/C58H98O3S/c1-4-7-9-11-13-15-17-19-21-23-25-27-29-31-33-35-37-39-47-60-55-50-53(41-46-58(59)54-42-44-57(45-43-54)62-49-6-3)51-56(52-55)61-48-40-38-36-34-32-30-28-26-24-22-20-18-16-14-12-10-8-5-2/h41-46,50-52H,4-40,47-49H2,1-3H3. The maximum Gasteiger partial charge on any atom is 0.185 e. The SMILES string of the molecule is CCCCCCCCCCCCCCCCCCCCOc1cc(C=CC(=O)c2ccc(SCCC)cc2)cc(OCCCCCCCCCCCCCCCCCCCC)c1. The molecule has 3 nitrogen and oxygen atoms in total. The van der Waals surface area contributed by atoms with E-state index in [0.717, 1.165) is 42.1 Å². The van der Waals surface area contributed by atoms with Gasteiger partial charge in [-0.05, 0) is 73.1 Å². The van der Waals surface area contributed by atoms with Gasteiger partial charge in [0.1, 0.15) is 11.5 Å².